The van der Waals surface area contributed by atoms with Gasteiger partial charge in [-0.05, 0) is 25.1 Å². The molecule has 1 aromatic rings. The molecule has 1 aromatic carbocycles. The van der Waals surface area contributed by atoms with Gasteiger partial charge in [0.2, 0.25) is 0 Å². The second-order valence-electron chi connectivity index (χ2n) is 5.86. The summed E-state index contributed by atoms with van der Waals surface area (Å²) in [5.74, 6) is 0.124. The summed E-state index contributed by atoms with van der Waals surface area (Å²) in [5.41, 5.74) is 7.52. The van der Waals surface area contributed by atoms with Crippen LogP contribution in [-0.4, -0.2) is 68.6 Å². The first-order chi connectivity index (χ1) is 10.0. The van der Waals surface area contributed by atoms with Crippen molar-refractivity contribution in [1.29, 1.82) is 0 Å². The second kappa shape index (κ2) is 6.91. The Morgan fingerprint density at radius 3 is 2.52 bits per heavy atom. The predicted molar refractivity (Wildman–Crippen MR) is 86.8 cm³/mol. The van der Waals surface area contributed by atoms with Gasteiger partial charge in [0.25, 0.3) is 5.91 Å². The topological polar surface area (TPSA) is 52.8 Å². The monoisotopic (exact) mass is 290 g/mol. The van der Waals surface area contributed by atoms with E-state index in [1.54, 1.807) is 0 Å². The van der Waals surface area contributed by atoms with Crippen LogP contribution in [0.15, 0.2) is 24.3 Å². The maximum atomic E-state index is 12.6. The number of amides is 1. The van der Waals surface area contributed by atoms with E-state index < -0.39 is 0 Å². The summed E-state index contributed by atoms with van der Waals surface area (Å²) in [7, 11) is 3.97. The van der Waals surface area contributed by atoms with Crippen molar-refractivity contribution < 1.29 is 4.79 Å². The predicted octanol–water partition coefficient (Wildman–Crippen LogP) is 0.858. The molecule has 5 heteroatoms. The first-order valence-electron chi connectivity index (χ1n) is 7.53. The Kier molecular flexibility index (Phi) is 5.20. The maximum absolute atomic E-state index is 12.6. The van der Waals surface area contributed by atoms with Crippen molar-refractivity contribution in [2.24, 2.45) is 5.73 Å². The summed E-state index contributed by atoms with van der Waals surface area (Å²) in [6.07, 6.45) is 0. The number of benzene rings is 1. The summed E-state index contributed by atoms with van der Waals surface area (Å²) in [4.78, 5) is 18.9. The summed E-state index contributed by atoms with van der Waals surface area (Å²) in [5, 5.41) is 0. The Labute approximate surface area is 127 Å². The quantitative estimate of drug-likeness (QED) is 0.893. The van der Waals surface area contributed by atoms with E-state index in [4.69, 9.17) is 5.73 Å². The van der Waals surface area contributed by atoms with Crippen LogP contribution in [0.3, 0.4) is 0 Å². The van der Waals surface area contributed by atoms with Crippen molar-refractivity contribution in [3.63, 3.8) is 0 Å². The fourth-order valence-corrected chi connectivity index (χ4v) is 2.61. The van der Waals surface area contributed by atoms with E-state index in [0.29, 0.717) is 12.6 Å². The Bertz CT molecular complexity index is 481. The first kappa shape index (κ1) is 15.8. The molecule has 2 rings (SSSR count). The summed E-state index contributed by atoms with van der Waals surface area (Å²) in [6.45, 7) is 6.15. The van der Waals surface area contributed by atoms with E-state index in [9.17, 15) is 4.79 Å². The van der Waals surface area contributed by atoms with E-state index in [2.05, 4.69) is 11.8 Å². The molecule has 116 valence electrons. The minimum atomic E-state index is 0.124. The van der Waals surface area contributed by atoms with Crippen LogP contribution in [-0.2, 0) is 0 Å². The molecule has 0 saturated carbocycles. The van der Waals surface area contributed by atoms with E-state index in [0.717, 1.165) is 37.4 Å². The zero-order valence-corrected chi connectivity index (χ0v) is 13.2. The molecule has 0 radical (unpaired) electrons. The number of carbonyl (C=O) groups is 1. The highest BCUT2D eigenvalue weighted by atomic mass is 16.2. The number of anilines is 1. The largest absolute Gasteiger partial charge is 0.378 e. The van der Waals surface area contributed by atoms with E-state index in [1.807, 2.05) is 48.2 Å². The lowest BCUT2D eigenvalue weighted by molar-refractivity contribution is 0.0589. The zero-order chi connectivity index (χ0) is 15.4. The van der Waals surface area contributed by atoms with Gasteiger partial charge in [-0.25, -0.2) is 0 Å². The van der Waals surface area contributed by atoms with Crippen molar-refractivity contribution in [2.45, 2.75) is 13.0 Å². The SMILES string of the molecule is CC(CN)N1CCN(C(=O)c2cccc(N(C)C)c2)CC1. The number of nitrogens with two attached hydrogens (primary N) is 1. The molecule has 1 aliphatic rings. The van der Waals surface area contributed by atoms with E-state index in [-0.39, 0.29) is 5.91 Å². The molecule has 1 unspecified atom stereocenters. The number of carbonyl (C=O) groups excluding carboxylic acids is 1. The normalized spacial score (nSPS) is 17.6. The molecule has 1 saturated heterocycles. The van der Waals surface area contributed by atoms with E-state index in [1.165, 1.54) is 0 Å². The van der Waals surface area contributed by atoms with Gasteiger partial charge >= 0.3 is 0 Å². The van der Waals surface area contributed by atoms with Gasteiger partial charge in [-0.2, -0.15) is 0 Å². The Morgan fingerprint density at radius 1 is 1.29 bits per heavy atom. The molecule has 0 aromatic heterocycles. The third-order valence-electron chi connectivity index (χ3n) is 4.18. The standard InChI is InChI=1S/C16H26N4O/c1-13(12-17)19-7-9-20(10-8-19)16(21)14-5-4-6-15(11-14)18(2)3/h4-6,11,13H,7-10,12,17H2,1-3H3. The maximum Gasteiger partial charge on any atom is 0.254 e. The fraction of sp³-hybridized carbons (Fsp3) is 0.562. The Balaban J connectivity index is 2.00. The molecular weight excluding hydrogens is 264 g/mol. The highest BCUT2D eigenvalue weighted by Gasteiger charge is 2.24. The van der Waals surface area contributed by atoms with Crippen LogP contribution in [0.1, 0.15) is 17.3 Å². The molecule has 1 atom stereocenters. The summed E-state index contributed by atoms with van der Waals surface area (Å²) < 4.78 is 0. The van der Waals surface area contributed by atoms with Crippen LogP contribution in [0.25, 0.3) is 0 Å². The molecule has 0 bridgehead atoms. The summed E-state index contributed by atoms with van der Waals surface area (Å²) >= 11 is 0. The molecule has 21 heavy (non-hydrogen) atoms. The molecule has 1 heterocycles. The van der Waals surface area contributed by atoms with Crippen LogP contribution in [0.5, 0.6) is 0 Å². The third-order valence-corrected chi connectivity index (χ3v) is 4.18. The number of hydrogen-bond donors (Lipinski definition) is 1. The van der Waals surface area contributed by atoms with Crippen LogP contribution < -0.4 is 10.6 Å². The highest BCUT2D eigenvalue weighted by molar-refractivity contribution is 5.95. The van der Waals surface area contributed by atoms with Crippen molar-refractivity contribution in [3.05, 3.63) is 29.8 Å². The number of hydrogen-bond acceptors (Lipinski definition) is 4. The Hall–Kier alpha value is -1.59. The molecule has 0 aliphatic carbocycles. The second-order valence-corrected chi connectivity index (χ2v) is 5.86. The molecule has 2 N–H and O–H groups in total. The fourth-order valence-electron chi connectivity index (χ4n) is 2.61. The Morgan fingerprint density at radius 2 is 1.95 bits per heavy atom. The van der Waals surface area contributed by atoms with Crippen LogP contribution in [0.2, 0.25) is 0 Å². The van der Waals surface area contributed by atoms with Crippen molar-refractivity contribution in [2.75, 3.05) is 51.7 Å². The molecule has 1 amide bonds. The first-order valence-corrected chi connectivity index (χ1v) is 7.53. The third kappa shape index (κ3) is 3.74. The van der Waals surface area contributed by atoms with Gasteiger partial charge < -0.3 is 15.5 Å². The molecular formula is C16H26N4O. The van der Waals surface area contributed by atoms with E-state index >= 15 is 0 Å². The van der Waals surface area contributed by atoms with Gasteiger partial charge in [0.05, 0.1) is 0 Å². The van der Waals surface area contributed by atoms with Crippen LogP contribution in [0, 0.1) is 0 Å². The van der Waals surface area contributed by atoms with Gasteiger partial charge in [0.15, 0.2) is 0 Å². The highest BCUT2D eigenvalue weighted by Crippen LogP contribution is 2.16. The lowest BCUT2D eigenvalue weighted by atomic mass is 10.1. The van der Waals surface area contributed by atoms with Crippen molar-refractivity contribution in [1.82, 2.24) is 9.80 Å². The minimum Gasteiger partial charge on any atom is -0.378 e. The average molecular weight is 290 g/mol. The lowest BCUT2D eigenvalue weighted by Gasteiger charge is -2.37. The average Bonchev–Trinajstić information content (AvgIpc) is 2.53. The molecule has 5 nitrogen and oxygen atoms in total. The smallest absolute Gasteiger partial charge is 0.254 e. The molecule has 0 spiro atoms. The van der Waals surface area contributed by atoms with Gasteiger partial charge in [-0.15, -0.1) is 0 Å². The minimum absolute atomic E-state index is 0.124. The lowest BCUT2D eigenvalue weighted by Crippen LogP contribution is -2.52. The van der Waals surface area contributed by atoms with Gasteiger partial charge in [-0.3, -0.25) is 9.69 Å². The number of rotatable bonds is 4. The molecule has 1 aliphatic heterocycles. The van der Waals surface area contributed by atoms with Gasteiger partial charge in [-0.1, -0.05) is 6.07 Å². The van der Waals surface area contributed by atoms with Gasteiger partial charge in [0.1, 0.15) is 0 Å². The molecule has 1 fully saturated rings. The van der Waals surface area contributed by atoms with Crippen molar-refractivity contribution in [3.8, 4) is 0 Å². The van der Waals surface area contributed by atoms with Crippen LogP contribution in [0.4, 0.5) is 5.69 Å². The van der Waals surface area contributed by atoms with Crippen molar-refractivity contribution >= 4 is 11.6 Å². The zero-order valence-electron chi connectivity index (χ0n) is 13.2. The number of nitrogens with zero attached hydrogens (tertiary/aromatic N) is 3. The van der Waals surface area contributed by atoms with Crippen LogP contribution >= 0.6 is 0 Å². The van der Waals surface area contributed by atoms with Gasteiger partial charge in [0, 0.05) is 64.1 Å². The summed E-state index contributed by atoms with van der Waals surface area (Å²) in [6, 6.07) is 8.19. The number of piperazine rings is 1.